The van der Waals surface area contributed by atoms with E-state index in [0.717, 1.165) is 0 Å². The van der Waals surface area contributed by atoms with Crippen LogP contribution in [0.3, 0.4) is 0 Å². The third-order valence-electron chi connectivity index (χ3n) is 4.15. The molecular weight excluding hydrogens is 428 g/mol. The van der Waals surface area contributed by atoms with Gasteiger partial charge in [-0.3, -0.25) is 9.59 Å². The van der Waals surface area contributed by atoms with Crippen molar-refractivity contribution in [3.8, 4) is 0 Å². The van der Waals surface area contributed by atoms with Crippen molar-refractivity contribution in [2.75, 3.05) is 0 Å². The van der Waals surface area contributed by atoms with E-state index in [4.69, 9.17) is 0 Å². The van der Waals surface area contributed by atoms with E-state index in [0.29, 0.717) is 16.7 Å². The summed E-state index contributed by atoms with van der Waals surface area (Å²) in [6.07, 6.45) is 16.0. The monoisotopic (exact) mass is 488 g/mol. The van der Waals surface area contributed by atoms with E-state index in [9.17, 15) is 9.59 Å². The molecule has 0 fully saturated rings. The van der Waals surface area contributed by atoms with Crippen LogP contribution in [0.1, 0.15) is 118 Å². The van der Waals surface area contributed by atoms with Crippen LogP contribution < -0.4 is 0 Å². The maximum absolute atomic E-state index is 11.4. The number of allylic oxidation sites excluding steroid dienone is 8. The molecular formula is C33H60O2. The molecule has 0 heterocycles. The van der Waals surface area contributed by atoms with Crippen LogP contribution in [-0.4, -0.2) is 11.6 Å². The Morgan fingerprint density at radius 2 is 0.771 bits per heavy atom. The fourth-order valence-corrected chi connectivity index (χ4v) is 1.79. The van der Waals surface area contributed by atoms with Crippen LogP contribution in [0.2, 0.25) is 0 Å². The van der Waals surface area contributed by atoms with Gasteiger partial charge in [0.2, 0.25) is 0 Å². The van der Waals surface area contributed by atoms with Gasteiger partial charge in [-0.1, -0.05) is 154 Å². The topological polar surface area (TPSA) is 34.1 Å². The molecule has 0 aromatic carbocycles. The van der Waals surface area contributed by atoms with Gasteiger partial charge in [-0.05, 0) is 34.3 Å². The third kappa shape index (κ3) is 32.3. The average molecular weight is 489 g/mol. The summed E-state index contributed by atoms with van der Waals surface area (Å²) >= 11 is 0. The molecule has 0 atom stereocenters. The van der Waals surface area contributed by atoms with E-state index in [-0.39, 0.29) is 27.8 Å². The second-order valence-electron chi connectivity index (χ2n) is 15.0. The summed E-state index contributed by atoms with van der Waals surface area (Å²) in [5.74, 6) is 0.852. The van der Waals surface area contributed by atoms with Crippen LogP contribution in [-0.2, 0) is 9.59 Å². The highest BCUT2D eigenvalue weighted by atomic mass is 16.1. The Morgan fingerprint density at radius 1 is 0.486 bits per heavy atom. The van der Waals surface area contributed by atoms with Crippen LogP contribution in [0, 0.1) is 33.0 Å². The molecule has 0 aliphatic carbocycles. The summed E-state index contributed by atoms with van der Waals surface area (Å²) in [7, 11) is 0. The lowest BCUT2D eigenvalue weighted by molar-refractivity contribution is -0.122. The molecule has 0 saturated heterocycles. The average Bonchev–Trinajstić information content (AvgIpc) is 2.58. The molecule has 0 aliphatic heterocycles. The molecule has 0 radical (unpaired) electrons. The fraction of sp³-hybridized carbons (Fsp3) is 0.697. The number of carbonyl (C=O) groups is 2. The minimum atomic E-state index is -0.248. The number of hydrogen-bond acceptors (Lipinski definition) is 2. The largest absolute Gasteiger partial charge is 0.294 e. The van der Waals surface area contributed by atoms with Crippen molar-refractivity contribution in [1.82, 2.24) is 0 Å². The Bertz CT molecular complexity index is 698. The van der Waals surface area contributed by atoms with Gasteiger partial charge in [0.05, 0.1) is 0 Å². The van der Waals surface area contributed by atoms with Crippen LogP contribution in [0.4, 0.5) is 0 Å². The highest BCUT2D eigenvalue weighted by molar-refractivity contribution is 5.94. The SMILES string of the molecule is CC(C)(C)/C=C/C(=O)C(C)(C)C.CC(C)(C)/C=C/C=C/C(C)(C)C.CC(C)/C=C/C(=O)C(C)(C)C. The molecule has 0 aliphatic rings. The first-order valence-corrected chi connectivity index (χ1v) is 13.0. The molecule has 0 unspecified atom stereocenters. The van der Waals surface area contributed by atoms with Gasteiger partial charge < -0.3 is 0 Å². The fourth-order valence-electron chi connectivity index (χ4n) is 1.79. The summed E-state index contributed by atoms with van der Waals surface area (Å²) in [6, 6.07) is 0. The lowest BCUT2D eigenvalue weighted by Gasteiger charge is -2.15. The van der Waals surface area contributed by atoms with Crippen molar-refractivity contribution in [2.24, 2.45) is 33.0 Å². The predicted molar refractivity (Wildman–Crippen MR) is 159 cm³/mol. The maximum Gasteiger partial charge on any atom is 0.160 e. The Morgan fingerprint density at radius 3 is 1.00 bits per heavy atom. The van der Waals surface area contributed by atoms with E-state index in [1.807, 2.05) is 53.7 Å². The zero-order valence-electron chi connectivity index (χ0n) is 26.5. The number of rotatable bonds is 4. The molecule has 0 saturated carbocycles. The van der Waals surface area contributed by atoms with Gasteiger partial charge in [0, 0.05) is 10.8 Å². The Labute approximate surface area is 220 Å². The highest BCUT2D eigenvalue weighted by Crippen LogP contribution is 2.20. The normalized spacial score (nSPS) is 13.9. The lowest BCUT2D eigenvalue weighted by atomic mass is 9.88. The number of carbonyl (C=O) groups excluding carboxylic acids is 2. The van der Waals surface area contributed by atoms with Gasteiger partial charge in [-0.25, -0.2) is 0 Å². The molecule has 0 N–H and O–H groups in total. The minimum absolute atomic E-state index is 0.0981. The molecule has 0 aromatic rings. The zero-order valence-corrected chi connectivity index (χ0v) is 26.5. The van der Waals surface area contributed by atoms with Crippen molar-refractivity contribution >= 4 is 11.6 Å². The summed E-state index contributed by atoms with van der Waals surface area (Å²) in [5.41, 5.74) is 0.207. The summed E-state index contributed by atoms with van der Waals surface area (Å²) in [4.78, 5) is 22.7. The van der Waals surface area contributed by atoms with Crippen LogP contribution in [0.15, 0.2) is 48.6 Å². The number of ketones is 2. The molecule has 204 valence electrons. The van der Waals surface area contributed by atoms with Crippen molar-refractivity contribution < 1.29 is 9.59 Å². The standard InChI is InChI=1S/C12H22.C11H20O.C10H18O/c1-11(2,3)9-7-8-10-12(4,5)6;1-10(2,3)8-7-9(12)11(4,5)6;1-8(2)6-7-9(11)10(3,4)5/h7-10H,1-6H3;7-8H,1-6H3;6-8H,1-5H3/b9-7+,10-8+;8-7+;7-6+. The minimum Gasteiger partial charge on any atom is -0.294 e. The van der Waals surface area contributed by atoms with Crippen molar-refractivity contribution in [3.05, 3.63) is 48.6 Å². The van der Waals surface area contributed by atoms with E-state index < -0.39 is 0 Å². The summed E-state index contributed by atoms with van der Waals surface area (Å²) in [5, 5.41) is 0. The van der Waals surface area contributed by atoms with Gasteiger partial charge in [0.25, 0.3) is 0 Å². The molecule has 0 rings (SSSR count). The molecule has 35 heavy (non-hydrogen) atoms. The van der Waals surface area contributed by atoms with Gasteiger partial charge >= 0.3 is 0 Å². The number of hydrogen-bond donors (Lipinski definition) is 0. The van der Waals surface area contributed by atoms with Crippen LogP contribution in [0.5, 0.6) is 0 Å². The molecule has 0 bridgehead atoms. The van der Waals surface area contributed by atoms with Crippen molar-refractivity contribution in [1.29, 1.82) is 0 Å². The Kier molecular flexibility index (Phi) is 16.7. The van der Waals surface area contributed by atoms with Gasteiger partial charge in [0.15, 0.2) is 11.6 Å². The molecule has 2 heteroatoms. The lowest BCUT2D eigenvalue weighted by Crippen LogP contribution is -2.18. The first-order chi connectivity index (χ1) is 15.2. The summed E-state index contributed by atoms with van der Waals surface area (Å²) in [6.45, 7) is 35.2. The van der Waals surface area contributed by atoms with Gasteiger partial charge in [-0.15, -0.1) is 0 Å². The Balaban J connectivity index is -0.000000439. The van der Waals surface area contributed by atoms with E-state index >= 15 is 0 Å². The van der Waals surface area contributed by atoms with E-state index in [2.05, 4.69) is 100 Å². The second-order valence-corrected chi connectivity index (χ2v) is 15.0. The van der Waals surface area contributed by atoms with Crippen LogP contribution >= 0.6 is 0 Å². The van der Waals surface area contributed by atoms with Crippen LogP contribution in [0.25, 0.3) is 0 Å². The van der Waals surface area contributed by atoms with Gasteiger partial charge in [0.1, 0.15) is 0 Å². The summed E-state index contributed by atoms with van der Waals surface area (Å²) < 4.78 is 0. The van der Waals surface area contributed by atoms with Gasteiger partial charge in [-0.2, -0.15) is 0 Å². The van der Waals surface area contributed by atoms with E-state index in [1.165, 1.54) is 0 Å². The van der Waals surface area contributed by atoms with E-state index in [1.54, 1.807) is 12.2 Å². The quantitative estimate of drug-likeness (QED) is 0.291. The second kappa shape index (κ2) is 15.4. The third-order valence-corrected chi connectivity index (χ3v) is 4.15. The maximum atomic E-state index is 11.4. The predicted octanol–water partition coefficient (Wildman–Crippen LogP) is 10.2. The zero-order chi connectivity index (χ0) is 28.9. The highest BCUT2D eigenvalue weighted by Gasteiger charge is 2.19. The molecule has 0 amide bonds. The first-order valence-electron chi connectivity index (χ1n) is 13.0. The molecule has 0 spiro atoms. The van der Waals surface area contributed by atoms with Crippen molar-refractivity contribution in [2.45, 2.75) is 118 Å². The molecule has 2 nitrogen and oxygen atoms in total. The molecule has 0 aromatic heterocycles. The Hall–Kier alpha value is -1.70. The smallest absolute Gasteiger partial charge is 0.160 e. The van der Waals surface area contributed by atoms with Crippen molar-refractivity contribution in [3.63, 3.8) is 0 Å². The first kappa shape index (κ1) is 37.8.